The maximum Gasteiger partial charge on any atom is 0.303 e. The molecule has 2 atom stereocenters. The summed E-state index contributed by atoms with van der Waals surface area (Å²) in [5, 5.41) is 17.9. The zero-order valence-corrected chi connectivity index (χ0v) is 8.75. The van der Waals surface area contributed by atoms with Crippen molar-refractivity contribution in [3.63, 3.8) is 0 Å². The summed E-state index contributed by atoms with van der Waals surface area (Å²) in [6, 6.07) is 12.6. The number of carbonyl (C=O) groups is 1. The van der Waals surface area contributed by atoms with Crippen LogP contribution in [-0.4, -0.2) is 12.1 Å². The number of nitrogens with zero attached hydrogens (tertiary/aromatic N) is 2. The molecule has 0 aliphatic heterocycles. The van der Waals surface area contributed by atoms with Gasteiger partial charge in [0.1, 0.15) is 12.0 Å². The largest absolute Gasteiger partial charge is 0.445 e. The molecule has 0 N–H and O–H groups in total. The molecule has 0 aromatic heterocycles. The number of ether oxygens (including phenoxy) is 1. The van der Waals surface area contributed by atoms with Crippen LogP contribution in [0.2, 0.25) is 0 Å². The van der Waals surface area contributed by atoms with Gasteiger partial charge >= 0.3 is 5.97 Å². The van der Waals surface area contributed by atoms with Crippen LogP contribution in [0.4, 0.5) is 0 Å². The first-order valence-corrected chi connectivity index (χ1v) is 4.70. The number of hydrogen-bond donors (Lipinski definition) is 0. The van der Waals surface area contributed by atoms with Gasteiger partial charge in [-0.15, -0.1) is 0 Å². The number of nitriles is 2. The Morgan fingerprint density at radius 3 is 2.31 bits per heavy atom. The minimum Gasteiger partial charge on any atom is -0.445 e. The van der Waals surface area contributed by atoms with Crippen LogP contribution >= 0.6 is 0 Å². The van der Waals surface area contributed by atoms with E-state index in [2.05, 4.69) is 0 Å². The van der Waals surface area contributed by atoms with Crippen molar-refractivity contribution in [2.75, 3.05) is 0 Å². The second-order valence-electron chi connectivity index (χ2n) is 3.18. The average molecular weight is 214 g/mol. The quantitative estimate of drug-likeness (QED) is 0.718. The summed E-state index contributed by atoms with van der Waals surface area (Å²) in [6.07, 6.45) is -1.06. The Morgan fingerprint density at radius 2 is 1.88 bits per heavy atom. The van der Waals surface area contributed by atoms with Crippen LogP contribution in [0.1, 0.15) is 18.4 Å². The molecule has 0 bridgehead atoms. The summed E-state index contributed by atoms with van der Waals surface area (Å²) < 4.78 is 4.78. The molecule has 16 heavy (non-hydrogen) atoms. The van der Waals surface area contributed by atoms with Crippen LogP contribution < -0.4 is 0 Å². The van der Waals surface area contributed by atoms with E-state index in [9.17, 15) is 4.79 Å². The number of esters is 1. The molecule has 0 aliphatic rings. The van der Waals surface area contributed by atoms with Gasteiger partial charge in [-0.25, -0.2) is 0 Å². The third-order valence-corrected chi connectivity index (χ3v) is 2.02. The number of rotatable bonds is 3. The highest BCUT2D eigenvalue weighted by atomic mass is 16.5. The van der Waals surface area contributed by atoms with Crippen molar-refractivity contribution in [2.45, 2.75) is 18.9 Å². The zero-order valence-electron chi connectivity index (χ0n) is 8.75. The van der Waals surface area contributed by atoms with Gasteiger partial charge in [-0.1, -0.05) is 30.3 Å². The van der Waals surface area contributed by atoms with E-state index < -0.39 is 18.0 Å². The fraction of sp³-hybridized carbons (Fsp3) is 0.250. The van der Waals surface area contributed by atoms with Gasteiger partial charge in [0.05, 0.1) is 6.07 Å². The number of carbonyl (C=O) groups excluding carboxylic acids is 1. The van der Waals surface area contributed by atoms with Crippen molar-refractivity contribution >= 4 is 5.97 Å². The van der Waals surface area contributed by atoms with Crippen molar-refractivity contribution in [2.24, 2.45) is 0 Å². The van der Waals surface area contributed by atoms with Gasteiger partial charge in [-0.3, -0.25) is 4.79 Å². The maximum atomic E-state index is 10.8. The molecule has 0 aliphatic carbocycles. The average Bonchev–Trinajstić information content (AvgIpc) is 2.29. The molecule has 0 saturated carbocycles. The SMILES string of the molecule is CC(=O)OC(C#N)C(C#N)c1ccccc1. The highest BCUT2D eigenvalue weighted by molar-refractivity contribution is 5.66. The summed E-state index contributed by atoms with van der Waals surface area (Å²) >= 11 is 0. The van der Waals surface area contributed by atoms with Crippen LogP contribution in [0, 0.1) is 22.7 Å². The van der Waals surface area contributed by atoms with Crippen LogP contribution in [0.25, 0.3) is 0 Å². The number of hydrogen-bond acceptors (Lipinski definition) is 4. The van der Waals surface area contributed by atoms with Crippen molar-refractivity contribution in [1.82, 2.24) is 0 Å². The Kier molecular flexibility index (Phi) is 4.06. The summed E-state index contributed by atoms with van der Waals surface area (Å²) in [5.41, 5.74) is 0.665. The Morgan fingerprint density at radius 1 is 1.25 bits per heavy atom. The molecular formula is C12H10N2O2. The van der Waals surface area contributed by atoms with Crippen molar-refractivity contribution in [1.29, 1.82) is 10.5 Å². The first kappa shape index (κ1) is 11.7. The molecule has 1 aromatic carbocycles. The molecular weight excluding hydrogens is 204 g/mol. The third kappa shape index (κ3) is 2.83. The van der Waals surface area contributed by atoms with Crippen LogP contribution in [0.3, 0.4) is 0 Å². The van der Waals surface area contributed by atoms with Crippen LogP contribution in [0.5, 0.6) is 0 Å². The zero-order chi connectivity index (χ0) is 12.0. The molecule has 0 amide bonds. The van der Waals surface area contributed by atoms with Gasteiger partial charge in [-0.05, 0) is 5.56 Å². The van der Waals surface area contributed by atoms with E-state index in [1.54, 1.807) is 24.3 Å². The maximum absolute atomic E-state index is 10.8. The van der Waals surface area contributed by atoms with E-state index in [1.165, 1.54) is 6.92 Å². The molecule has 1 rings (SSSR count). The van der Waals surface area contributed by atoms with Gasteiger partial charge in [0.25, 0.3) is 0 Å². The molecule has 4 nitrogen and oxygen atoms in total. The molecule has 0 spiro atoms. The van der Waals surface area contributed by atoms with Crippen LogP contribution in [-0.2, 0) is 9.53 Å². The van der Waals surface area contributed by atoms with E-state index in [-0.39, 0.29) is 0 Å². The summed E-state index contributed by atoms with van der Waals surface area (Å²) in [6.45, 7) is 1.21. The lowest BCUT2D eigenvalue weighted by Gasteiger charge is -2.15. The summed E-state index contributed by atoms with van der Waals surface area (Å²) in [4.78, 5) is 10.8. The minimum atomic E-state index is -1.06. The monoisotopic (exact) mass is 214 g/mol. The highest BCUT2D eigenvalue weighted by Gasteiger charge is 2.25. The first-order chi connectivity index (χ1) is 7.69. The van der Waals surface area contributed by atoms with Gasteiger partial charge in [-0.2, -0.15) is 10.5 Å². The predicted octanol–water partition coefficient (Wildman–Crippen LogP) is 1.75. The molecule has 0 radical (unpaired) electrons. The molecule has 0 heterocycles. The van der Waals surface area contributed by atoms with E-state index in [0.29, 0.717) is 5.56 Å². The Balaban J connectivity index is 2.95. The van der Waals surface area contributed by atoms with Gasteiger partial charge in [0, 0.05) is 6.92 Å². The molecule has 1 aromatic rings. The van der Waals surface area contributed by atoms with E-state index in [4.69, 9.17) is 15.3 Å². The Labute approximate surface area is 93.7 Å². The minimum absolute atomic E-state index is 0.567. The Hall–Kier alpha value is -2.33. The van der Waals surface area contributed by atoms with Gasteiger partial charge < -0.3 is 4.74 Å². The Bertz CT molecular complexity index is 442. The fourth-order valence-corrected chi connectivity index (χ4v) is 1.33. The summed E-state index contributed by atoms with van der Waals surface area (Å²) in [5.74, 6) is -1.32. The van der Waals surface area contributed by atoms with E-state index in [1.807, 2.05) is 18.2 Å². The smallest absolute Gasteiger partial charge is 0.303 e. The third-order valence-electron chi connectivity index (χ3n) is 2.02. The fourth-order valence-electron chi connectivity index (χ4n) is 1.33. The van der Waals surface area contributed by atoms with Crippen LogP contribution in [0.15, 0.2) is 30.3 Å². The first-order valence-electron chi connectivity index (χ1n) is 4.70. The number of benzene rings is 1. The lowest BCUT2D eigenvalue weighted by molar-refractivity contribution is -0.144. The predicted molar refractivity (Wildman–Crippen MR) is 56.0 cm³/mol. The highest BCUT2D eigenvalue weighted by Crippen LogP contribution is 2.20. The molecule has 4 heteroatoms. The van der Waals surface area contributed by atoms with E-state index >= 15 is 0 Å². The molecule has 80 valence electrons. The topological polar surface area (TPSA) is 73.9 Å². The lowest BCUT2D eigenvalue weighted by Crippen LogP contribution is -2.22. The van der Waals surface area contributed by atoms with Crippen molar-refractivity contribution in [3.8, 4) is 12.1 Å². The molecule has 0 fully saturated rings. The standard InChI is InChI=1S/C12H10N2O2/c1-9(15)16-12(8-14)11(7-13)10-5-3-2-4-6-10/h2-6,11-12H,1H3. The lowest BCUT2D eigenvalue weighted by atomic mass is 9.95. The van der Waals surface area contributed by atoms with E-state index in [0.717, 1.165) is 0 Å². The van der Waals surface area contributed by atoms with Crippen molar-refractivity contribution < 1.29 is 9.53 Å². The van der Waals surface area contributed by atoms with Crippen molar-refractivity contribution in [3.05, 3.63) is 35.9 Å². The summed E-state index contributed by atoms with van der Waals surface area (Å²) in [7, 11) is 0. The second kappa shape index (κ2) is 5.53. The van der Waals surface area contributed by atoms with Gasteiger partial charge in [0.15, 0.2) is 0 Å². The van der Waals surface area contributed by atoms with Gasteiger partial charge in [0.2, 0.25) is 6.10 Å². The molecule has 0 saturated heterocycles. The second-order valence-corrected chi connectivity index (χ2v) is 3.18. The normalized spacial score (nSPS) is 12.9. The molecule has 2 unspecified atom stereocenters.